The molecule has 0 radical (unpaired) electrons. The molecule has 3 aromatic heterocycles. The molecule has 7 aromatic rings. The van der Waals surface area contributed by atoms with Crippen molar-refractivity contribution in [3.8, 4) is 34.1 Å². The number of rotatable bonds is 7. The molecule has 7 rings (SSSR count). The van der Waals surface area contributed by atoms with E-state index in [2.05, 4.69) is 145 Å². The number of benzene rings is 4. The second-order valence-electron chi connectivity index (χ2n) is 13.4. The summed E-state index contributed by atoms with van der Waals surface area (Å²) >= 11 is 0. The van der Waals surface area contributed by atoms with E-state index in [9.17, 15) is 0 Å². The first-order valence-electron chi connectivity index (χ1n) is 16.5. The molecule has 7 heteroatoms. The summed E-state index contributed by atoms with van der Waals surface area (Å²) in [6.07, 6.45) is 1.85. The molecule has 0 saturated carbocycles. The molecule has 0 aliphatic heterocycles. The molecule has 250 valence electrons. The Bertz CT molecular complexity index is 2320. The fourth-order valence-corrected chi connectivity index (χ4v) is 6.82. The third-order valence-corrected chi connectivity index (χ3v) is 9.23. The molecular formula is C42H41N5OPd. The molecule has 0 amide bonds. The van der Waals surface area contributed by atoms with Gasteiger partial charge < -0.3 is 14.2 Å². The molecule has 0 aliphatic carbocycles. The molecule has 0 N–H and O–H groups in total. The van der Waals surface area contributed by atoms with Crippen molar-refractivity contribution < 1.29 is 25.2 Å². The van der Waals surface area contributed by atoms with Crippen LogP contribution in [-0.2, 0) is 20.4 Å². The molecule has 0 spiro atoms. The smallest absolute Gasteiger partial charge is 0.509 e. The summed E-state index contributed by atoms with van der Waals surface area (Å²) in [5.41, 5.74) is 13.3. The first kappa shape index (κ1) is 34.2. The quantitative estimate of drug-likeness (QED) is 0.121. The van der Waals surface area contributed by atoms with Crippen LogP contribution in [0.5, 0.6) is 11.5 Å². The monoisotopic (exact) mass is 737 g/mol. The third-order valence-electron chi connectivity index (χ3n) is 9.23. The number of ether oxygens (including phenoxy) is 1. The summed E-state index contributed by atoms with van der Waals surface area (Å²) in [7, 11) is 4.16. The normalized spacial score (nSPS) is 11.4. The van der Waals surface area contributed by atoms with E-state index in [0.29, 0.717) is 11.5 Å². The fraction of sp³-hybridized carbons (Fsp3) is 0.238. The van der Waals surface area contributed by atoms with Gasteiger partial charge in [0.25, 0.3) is 0 Å². The number of hydrogen-bond acceptors (Lipinski definition) is 4. The van der Waals surface area contributed by atoms with E-state index >= 15 is 0 Å². The Labute approximate surface area is 303 Å². The summed E-state index contributed by atoms with van der Waals surface area (Å²) in [6.45, 7) is 15.1. The third kappa shape index (κ3) is 6.18. The van der Waals surface area contributed by atoms with Crippen molar-refractivity contribution >= 4 is 27.5 Å². The van der Waals surface area contributed by atoms with Gasteiger partial charge >= 0.3 is 20.4 Å². The molecular weight excluding hydrogens is 697 g/mol. The molecule has 49 heavy (non-hydrogen) atoms. The zero-order valence-corrected chi connectivity index (χ0v) is 31.1. The van der Waals surface area contributed by atoms with Gasteiger partial charge in [0.1, 0.15) is 5.82 Å². The number of aromatic nitrogens is 4. The maximum absolute atomic E-state index is 6.59. The van der Waals surface area contributed by atoms with Crippen LogP contribution in [0, 0.1) is 46.8 Å². The summed E-state index contributed by atoms with van der Waals surface area (Å²) in [4.78, 5) is 6.87. The Morgan fingerprint density at radius 1 is 0.776 bits per heavy atom. The van der Waals surface area contributed by atoms with Gasteiger partial charge in [-0.25, -0.2) is 4.98 Å². The number of anilines is 1. The zero-order valence-electron chi connectivity index (χ0n) is 29.5. The number of aryl methyl sites for hydroxylation is 4. The van der Waals surface area contributed by atoms with Gasteiger partial charge in [0.15, 0.2) is 0 Å². The molecule has 0 fully saturated rings. The summed E-state index contributed by atoms with van der Waals surface area (Å²) < 4.78 is 10.8. The minimum atomic E-state index is 0. The van der Waals surface area contributed by atoms with Crippen LogP contribution in [0.4, 0.5) is 5.69 Å². The van der Waals surface area contributed by atoms with E-state index in [0.717, 1.165) is 61.4 Å². The Kier molecular flexibility index (Phi) is 9.28. The average molecular weight is 738 g/mol. The van der Waals surface area contributed by atoms with Gasteiger partial charge in [0, 0.05) is 54.3 Å². The summed E-state index contributed by atoms with van der Waals surface area (Å²) in [6, 6.07) is 32.5. The number of hydrogen-bond donors (Lipinski definition) is 0. The molecule has 3 heterocycles. The molecule has 0 saturated heterocycles. The van der Waals surface area contributed by atoms with Gasteiger partial charge in [-0.15, -0.1) is 41.3 Å². The Hall–Kier alpha value is -4.70. The van der Waals surface area contributed by atoms with Gasteiger partial charge in [-0.3, -0.25) is 4.68 Å². The van der Waals surface area contributed by atoms with Crippen LogP contribution in [0.1, 0.15) is 53.4 Å². The van der Waals surface area contributed by atoms with E-state index in [-0.39, 0.29) is 26.3 Å². The van der Waals surface area contributed by atoms with Crippen LogP contribution >= 0.6 is 0 Å². The SMILES string of the molecule is Cc1ccnc(-n2c3[c-]c(Oc4[c-]c(-n5nc(C)c(-c6c(C)cc(N(C)C)cc6C)c5C)cc(C(C)C)c4)ccc3c3ccccc32)c1.[Pd+2]. The zero-order chi connectivity index (χ0) is 33.9. The molecule has 6 nitrogen and oxygen atoms in total. The molecule has 0 unspecified atom stereocenters. The van der Waals surface area contributed by atoms with Crippen LogP contribution in [0.3, 0.4) is 0 Å². The molecule has 0 atom stereocenters. The maximum atomic E-state index is 6.59. The molecule has 0 bridgehead atoms. The molecule has 4 aromatic carbocycles. The second-order valence-corrected chi connectivity index (χ2v) is 13.4. The Morgan fingerprint density at radius 3 is 2.20 bits per heavy atom. The minimum absolute atomic E-state index is 0. The first-order valence-corrected chi connectivity index (χ1v) is 16.5. The van der Waals surface area contributed by atoms with Crippen molar-refractivity contribution in [3.05, 3.63) is 125 Å². The van der Waals surface area contributed by atoms with E-state index in [1.54, 1.807) is 0 Å². The predicted octanol–water partition coefficient (Wildman–Crippen LogP) is 10.2. The van der Waals surface area contributed by atoms with Crippen molar-refractivity contribution in [1.29, 1.82) is 0 Å². The van der Waals surface area contributed by atoms with E-state index in [4.69, 9.17) is 14.8 Å². The Balaban J connectivity index is 0.00000417. The van der Waals surface area contributed by atoms with Gasteiger partial charge in [-0.05, 0) is 104 Å². The van der Waals surface area contributed by atoms with Gasteiger partial charge in [0.05, 0.1) is 5.69 Å². The second kappa shape index (κ2) is 13.3. The number of fused-ring (bicyclic) bond motifs is 3. The van der Waals surface area contributed by atoms with Crippen LogP contribution < -0.4 is 9.64 Å². The topological polar surface area (TPSA) is 48.1 Å². The van der Waals surface area contributed by atoms with Crippen LogP contribution in [0.2, 0.25) is 0 Å². The molecule has 0 aliphatic rings. The fourth-order valence-electron chi connectivity index (χ4n) is 6.82. The minimum Gasteiger partial charge on any atom is -0.509 e. The standard InChI is InChI=1S/C42H41N5O.Pd/c1-25(2)31-21-33(47-30(7)42(29(6)44-47)41-27(4)19-32(45(8)9)20-28(41)5)23-35(22-31)48-34-14-15-37-36-12-10-11-13-38(36)46(39(37)24-34)40-18-26(3)16-17-43-40;/h10-22,25H,1-9H3;/q-2;+2. The van der Waals surface area contributed by atoms with Crippen molar-refractivity contribution in [1.82, 2.24) is 19.3 Å². The number of para-hydroxylation sites is 1. The number of nitrogens with zero attached hydrogens (tertiary/aromatic N) is 5. The van der Waals surface area contributed by atoms with E-state index < -0.39 is 0 Å². The summed E-state index contributed by atoms with van der Waals surface area (Å²) in [5.74, 6) is 2.37. The van der Waals surface area contributed by atoms with Gasteiger partial charge in [-0.1, -0.05) is 37.6 Å². The van der Waals surface area contributed by atoms with Crippen molar-refractivity contribution in [2.75, 3.05) is 19.0 Å². The first-order chi connectivity index (χ1) is 23.0. The van der Waals surface area contributed by atoms with Gasteiger partial charge in [-0.2, -0.15) is 11.2 Å². The van der Waals surface area contributed by atoms with Crippen LogP contribution in [0.25, 0.3) is 44.4 Å². The van der Waals surface area contributed by atoms with E-state index in [1.165, 1.54) is 22.4 Å². The van der Waals surface area contributed by atoms with Crippen LogP contribution in [-0.4, -0.2) is 33.4 Å². The van der Waals surface area contributed by atoms with E-state index in [1.807, 2.05) is 23.0 Å². The average Bonchev–Trinajstić information content (AvgIpc) is 3.53. The maximum Gasteiger partial charge on any atom is 2.00 e. The number of pyridine rings is 1. The van der Waals surface area contributed by atoms with Crippen molar-refractivity contribution in [2.24, 2.45) is 0 Å². The van der Waals surface area contributed by atoms with Crippen molar-refractivity contribution in [3.63, 3.8) is 0 Å². The van der Waals surface area contributed by atoms with Gasteiger partial charge in [0.2, 0.25) is 0 Å². The predicted molar refractivity (Wildman–Crippen MR) is 197 cm³/mol. The Morgan fingerprint density at radius 2 is 1.51 bits per heavy atom. The van der Waals surface area contributed by atoms with Crippen LogP contribution in [0.15, 0.2) is 79.0 Å². The largest absolute Gasteiger partial charge is 2.00 e. The summed E-state index contributed by atoms with van der Waals surface area (Å²) in [5, 5.41) is 7.31. The van der Waals surface area contributed by atoms with Crippen molar-refractivity contribution in [2.45, 2.75) is 54.4 Å².